The van der Waals surface area contributed by atoms with Crippen LogP contribution in [0.1, 0.15) is 17.3 Å². The monoisotopic (exact) mass is 246 g/mol. The maximum Gasteiger partial charge on any atom is 0.339 e. The van der Waals surface area contributed by atoms with Crippen molar-refractivity contribution in [1.29, 1.82) is 0 Å². The van der Waals surface area contributed by atoms with E-state index in [0.717, 1.165) is 0 Å². The van der Waals surface area contributed by atoms with Gasteiger partial charge >= 0.3 is 5.97 Å². The van der Waals surface area contributed by atoms with Gasteiger partial charge in [0.05, 0.1) is 5.56 Å². The summed E-state index contributed by atoms with van der Waals surface area (Å²) in [4.78, 5) is 11.7. The minimum atomic E-state index is -1.40. The molecule has 1 atom stereocenters. The normalized spacial score (nSPS) is 12.2. The van der Waals surface area contributed by atoms with E-state index in [1.807, 2.05) is 18.2 Å². The van der Waals surface area contributed by atoms with Gasteiger partial charge in [-0.1, -0.05) is 43.8 Å². The highest BCUT2D eigenvalue weighted by Gasteiger charge is 2.11. The summed E-state index contributed by atoms with van der Waals surface area (Å²) in [7, 11) is -1.40. The van der Waals surface area contributed by atoms with E-state index in [2.05, 4.69) is 31.1 Å². The lowest BCUT2D eigenvalue weighted by atomic mass is 10.2. The minimum Gasteiger partial charge on any atom is -0.446 e. The lowest BCUT2D eigenvalue weighted by molar-refractivity contribution is 0.0438. The van der Waals surface area contributed by atoms with Gasteiger partial charge < -0.3 is 4.74 Å². The van der Waals surface area contributed by atoms with E-state index >= 15 is 0 Å². The summed E-state index contributed by atoms with van der Waals surface area (Å²) in [5.41, 5.74) is 3.75. The number of rotatable bonds is 2. The summed E-state index contributed by atoms with van der Waals surface area (Å²) >= 11 is 0. The second-order valence-corrected chi connectivity index (χ2v) is 9.68. The predicted octanol–water partition coefficient (Wildman–Crippen LogP) is 3.11. The summed E-state index contributed by atoms with van der Waals surface area (Å²) in [5.74, 6) is 2.68. The summed E-state index contributed by atoms with van der Waals surface area (Å²) in [6.45, 7) is 8.27. The summed E-state index contributed by atoms with van der Waals surface area (Å²) in [5, 5.41) is 0. The maximum atomic E-state index is 11.7. The van der Waals surface area contributed by atoms with Crippen LogP contribution < -0.4 is 0 Å². The molecule has 0 spiro atoms. The predicted molar refractivity (Wildman–Crippen MR) is 72.4 cm³/mol. The lowest BCUT2D eigenvalue weighted by Crippen LogP contribution is -2.19. The van der Waals surface area contributed by atoms with Gasteiger partial charge in [0.25, 0.3) is 0 Å². The molecule has 90 valence electrons. The van der Waals surface area contributed by atoms with E-state index in [0.29, 0.717) is 5.56 Å². The van der Waals surface area contributed by atoms with Crippen molar-refractivity contribution in [3.8, 4) is 11.5 Å². The SMILES string of the molecule is CC(C#C[Si](C)(C)C)OC(=O)c1ccccc1. The molecule has 0 heterocycles. The molecule has 0 bridgehead atoms. The Morgan fingerprint density at radius 2 is 1.82 bits per heavy atom. The number of hydrogen-bond donors (Lipinski definition) is 0. The van der Waals surface area contributed by atoms with Gasteiger partial charge in [0.2, 0.25) is 0 Å². The number of esters is 1. The molecule has 17 heavy (non-hydrogen) atoms. The zero-order valence-corrected chi connectivity index (χ0v) is 11.8. The Labute approximate surface area is 104 Å². The Hall–Kier alpha value is -1.53. The third-order valence-electron chi connectivity index (χ3n) is 1.94. The molecule has 0 aliphatic carbocycles. The second-order valence-electron chi connectivity index (χ2n) is 4.93. The van der Waals surface area contributed by atoms with Gasteiger partial charge in [-0.25, -0.2) is 4.79 Å². The molecule has 0 fully saturated rings. The smallest absolute Gasteiger partial charge is 0.339 e. The van der Waals surface area contributed by atoms with Crippen molar-refractivity contribution in [2.45, 2.75) is 32.7 Å². The molecule has 0 N–H and O–H groups in total. The van der Waals surface area contributed by atoms with Crippen LogP contribution in [0.2, 0.25) is 19.6 Å². The first-order valence-electron chi connectivity index (χ1n) is 5.67. The van der Waals surface area contributed by atoms with Gasteiger partial charge in [-0.15, -0.1) is 5.54 Å². The Kier molecular flexibility index (Phi) is 4.53. The van der Waals surface area contributed by atoms with Crippen LogP contribution in [0.25, 0.3) is 0 Å². The molecule has 0 aliphatic heterocycles. The molecule has 1 unspecified atom stereocenters. The topological polar surface area (TPSA) is 26.3 Å². The van der Waals surface area contributed by atoms with Crippen LogP contribution in [-0.4, -0.2) is 20.1 Å². The number of ether oxygens (including phenoxy) is 1. The van der Waals surface area contributed by atoms with Crippen LogP contribution >= 0.6 is 0 Å². The molecule has 0 aliphatic rings. The third kappa shape index (κ3) is 5.37. The van der Waals surface area contributed by atoms with E-state index in [4.69, 9.17) is 4.74 Å². The highest BCUT2D eigenvalue weighted by Crippen LogP contribution is 2.04. The molecule has 0 saturated heterocycles. The van der Waals surface area contributed by atoms with Crippen LogP contribution in [0.3, 0.4) is 0 Å². The molecule has 1 rings (SSSR count). The van der Waals surface area contributed by atoms with Crippen molar-refractivity contribution < 1.29 is 9.53 Å². The highest BCUT2D eigenvalue weighted by molar-refractivity contribution is 6.83. The molecule has 0 amide bonds. The molecule has 0 saturated carbocycles. The highest BCUT2D eigenvalue weighted by atomic mass is 28.3. The Bertz CT molecular complexity index is 435. The Morgan fingerprint density at radius 1 is 1.24 bits per heavy atom. The molecule has 2 nitrogen and oxygen atoms in total. The molecular weight excluding hydrogens is 228 g/mol. The molecular formula is C14H18O2Si. The molecule has 0 aromatic heterocycles. The van der Waals surface area contributed by atoms with Crippen molar-refractivity contribution in [3.05, 3.63) is 35.9 Å². The van der Waals surface area contributed by atoms with E-state index in [1.165, 1.54) is 0 Å². The van der Waals surface area contributed by atoms with Gasteiger partial charge in [0.1, 0.15) is 8.07 Å². The van der Waals surface area contributed by atoms with Gasteiger partial charge in [0.15, 0.2) is 6.10 Å². The minimum absolute atomic E-state index is 0.317. The number of carbonyl (C=O) groups is 1. The van der Waals surface area contributed by atoms with E-state index < -0.39 is 8.07 Å². The van der Waals surface area contributed by atoms with E-state index in [1.54, 1.807) is 19.1 Å². The summed E-state index contributed by atoms with van der Waals surface area (Å²) in [6.07, 6.45) is -0.352. The van der Waals surface area contributed by atoms with E-state index in [9.17, 15) is 4.79 Å². The van der Waals surface area contributed by atoms with Crippen molar-refractivity contribution >= 4 is 14.0 Å². The fourth-order valence-corrected chi connectivity index (χ4v) is 1.79. The van der Waals surface area contributed by atoms with Gasteiger partial charge in [-0.3, -0.25) is 0 Å². The first kappa shape index (κ1) is 13.5. The zero-order valence-electron chi connectivity index (χ0n) is 10.8. The maximum absolute atomic E-state index is 11.7. The van der Waals surface area contributed by atoms with Crippen molar-refractivity contribution in [2.24, 2.45) is 0 Å². The molecule has 3 heteroatoms. The van der Waals surface area contributed by atoms with Crippen LogP contribution in [-0.2, 0) is 4.74 Å². The first-order chi connectivity index (χ1) is 7.88. The van der Waals surface area contributed by atoms with Crippen molar-refractivity contribution in [2.75, 3.05) is 0 Å². The second kappa shape index (κ2) is 5.69. The number of carbonyl (C=O) groups excluding carboxylic acids is 1. The quantitative estimate of drug-likeness (QED) is 0.455. The van der Waals surface area contributed by atoms with E-state index in [-0.39, 0.29) is 12.1 Å². The van der Waals surface area contributed by atoms with Gasteiger partial charge in [0, 0.05) is 0 Å². The number of benzene rings is 1. The molecule has 1 aromatic carbocycles. The van der Waals surface area contributed by atoms with Crippen LogP contribution in [0, 0.1) is 11.5 Å². The van der Waals surface area contributed by atoms with Crippen LogP contribution in [0.5, 0.6) is 0 Å². The van der Waals surface area contributed by atoms with Crippen molar-refractivity contribution in [1.82, 2.24) is 0 Å². The van der Waals surface area contributed by atoms with Gasteiger partial charge in [-0.2, -0.15) is 0 Å². The first-order valence-corrected chi connectivity index (χ1v) is 9.17. The lowest BCUT2D eigenvalue weighted by Gasteiger charge is -2.09. The van der Waals surface area contributed by atoms with Gasteiger partial charge in [-0.05, 0) is 19.1 Å². The zero-order chi connectivity index (χ0) is 12.9. The fraction of sp³-hybridized carbons (Fsp3) is 0.357. The molecule has 1 aromatic rings. The summed E-state index contributed by atoms with van der Waals surface area (Å²) in [6, 6.07) is 8.97. The standard InChI is InChI=1S/C14H18O2Si/c1-12(10-11-17(2,3)4)16-14(15)13-8-6-5-7-9-13/h5-9,12H,1-4H3. The van der Waals surface area contributed by atoms with Crippen molar-refractivity contribution in [3.63, 3.8) is 0 Å². The molecule has 0 radical (unpaired) electrons. The Balaban J connectivity index is 2.61. The van der Waals surface area contributed by atoms with Crippen LogP contribution in [0.15, 0.2) is 30.3 Å². The van der Waals surface area contributed by atoms with Crippen LogP contribution in [0.4, 0.5) is 0 Å². The summed E-state index contributed by atoms with van der Waals surface area (Å²) < 4.78 is 5.24. The average Bonchev–Trinajstić information content (AvgIpc) is 2.27. The number of hydrogen-bond acceptors (Lipinski definition) is 2. The third-order valence-corrected chi connectivity index (χ3v) is 2.84. The fourth-order valence-electron chi connectivity index (χ4n) is 1.15. The average molecular weight is 246 g/mol. The Morgan fingerprint density at radius 3 is 2.35 bits per heavy atom. The largest absolute Gasteiger partial charge is 0.446 e.